The maximum atomic E-state index is 10.2. The molecular weight excluding hydrogens is 298 g/mol. The summed E-state index contributed by atoms with van der Waals surface area (Å²) in [4.78, 5) is 0. The van der Waals surface area contributed by atoms with Gasteiger partial charge >= 0.3 is 0 Å². The molecule has 0 aliphatic rings. The Bertz CT molecular complexity index is 808. The van der Waals surface area contributed by atoms with Gasteiger partial charge in [-0.25, -0.2) is 0 Å². The van der Waals surface area contributed by atoms with E-state index in [1.807, 2.05) is 36.5 Å². The monoisotopic (exact) mass is 315 g/mol. The summed E-state index contributed by atoms with van der Waals surface area (Å²) in [5.41, 5.74) is 1.95. The van der Waals surface area contributed by atoms with E-state index in [0.29, 0.717) is 23.4 Å². The van der Waals surface area contributed by atoms with Crippen LogP contribution in [0.3, 0.4) is 0 Å². The maximum absolute atomic E-state index is 10.2. The standard InChI is InChI=1S/C18H18ClNO2/c1-12(2)20-10-13(18-15(20)7-5-8-16(18)21)11-22-17-9-4-3-6-14(17)19/h3-10,12,21H,11H2,1-2H3. The predicted octanol–water partition coefficient (Wildman–Crippen LogP) is 5.16. The zero-order valence-corrected chi connectivity index (χ0v) is 13.3. The van der Waals surface area contributed by atoms with Crippen molar-refractivity contribution in [2.24, 2.45) is 0 Å². The summed E-state index contributed by atoms with van der Waals surface area (Å²) in [6.07, 6.45) is 2.03. The van der Waals surface area contributed by atoms with Crippen molar-refractivity contribution in [1.82, 2.24) is 4.57 Å². The number of phenolic OH excluding ortho intramolecular Hbond substituents is 1. The lowest BCUT2D eigenvalue weighted by molar-refractivity contribution is 0.307. The predicted molar refractivity (Wildman–Crippen MR) is 89.8 cm³/mol. The molecule has 0 spiro atoms. The summed E-state index contributed by atoms with van der Waals surface area (Å²) < 4.78 is 7.96. The first kappa shape index (κ1) is 14.8. The van der Waals surface area contributed by atoms with Crippen LogP contribution in [0.2, 0.25) is 5.02 Å². The Morgan fingerprint density at radius 3 is 2.64 bits per heavy atom. The van der Waals surface area contributed by atoms with Gasteiger partial charge < -0.3 is 14.4 Å². The molecule has 114 valence electrons. The Balaban J connectivity index is 1.99. The second-order valence-corrected chi connectivity index (χ2v) is 5.95. The Hall–Kier alpha value is -2.13. The zero-order chi connectivity index (χ0) is 15.7. The normalized spacial score (nSPS) is 11.3. The molecule has 2 aromatic carbocycles. The molecule has 0 atom stereocenters. The highest BCUT2D eigenvalue weighted by atomic mass is 35.5. The van der Waals surface area contributed by atoms with Gasteiger partial charge in [0.05, 0.1) is 10.5 Å². The molecule has 4 heteroatoms. The van der Waals surface area contributed by atoms with Crippen LogP contribution in [-0.2, 0) is 6.61 Å². The molecule has 3 aromatic rings. The molecule has 0 saturated heterocycles. The van der Waals surface area contributed by atoms with Crippen LogP contribution < -0.4 is 4.74 Å². The highest BCUT2D eigenvalue weighted by Gasteiger charge is 2.14. The average molecular weight is 316 g/mol. The zero-order valence-electron chi connectivity index (χ0n) is 12.6. The van der Waals surface area contributed by atoms with Crippen LogP contribution in [0.5, 0.6) is 11.5 Å². The largest absolute Gasteiger partial charge is 0.507 e. The number of ether oxygens (including phenoxy) is 1. The summed E-state index contributed by atoms with van der Waals surface area (Å²) in [5, 5.41) is 11.6. The van der Waals surface area contributed by atoms with Crippen LogP contribution in [0.4, 0.5) is 0 Å². The van der Waals surface area contributed by atoms with E-state index in [2.05, 4.69) is 18.4 Å². The number of rotatable bonds is 4. The molecule has 0 bridgehead atoms. The first-order valence-electron chi connectivity index (χ1n) is 7.26. The van der Waals surface area contributed by atoms with Gasteiger partial charge in [-0.05, 0) is 38.1 Å². The van der Waals surface area contributed by atoms with Crippen LogP contribution >= 0.6 is 11.6 Å². The SMILES string of the molecule is CC(C)n1cc(COc2ccccc2Cl)c2c(O)cccc21. The van der Waals surface area contributed by atoms with Crippen molar-refractivity contribution in [2.75, 3.05) is 0 Å². The summed E-state index contributed by atoms with van der Waals surface area (Å²) in [7, 11) is 0. The van der Waals surface area contributed by atoms with E-state index in [1.54, 1.807) is 12.1 Å². The van der Waals surface area contributed by atoms with E-state index in [-0.39, 0.29) is 5.75 Å². The second kappa shape index (κ2) is 5.93. The minimum atomic E-state index is 0.273. The molecule has 1 N–H and O–H groups in total. The molecule has 3 nitrogen and oxygen atoms in total. The van der Waals surface area contributed by atoms with E-state index in [0.717, 1.165) is 16.5 Å². The highest BCUT2D eigenvalue weighted by Crippen LogP contribution is 2.33. The second-order valence-electron chi connectivity index (χ2n) is 5.55. The lowest BCUT2D eigenvalue weighted by Gasteiger charge is -2.08. The van der Waals surface area contributed by atoms with Crippen molar-refractivity contribution in [3.63, 3.8) is 0 Å². The lowest BCUT2D eigenvalue weighted by atomic mass is 10.1. The number of aromatic hydroxyl groups is 1. The number of aromatic nitrogens is 1. The lowest BCUT2D eigenvalue weighted by Crippen LogP contribution is -1.98. The summed E-state index contributed by atoms with van der Waals surface area (Å²) >= 11 is 6.12. The van der Waals surface area contributed by atoms with Crippen LogP contribution in [-0.4, -0.2) is 9.67 Å². The molecule has 0 aliphatic heterocycles. The van der Waals surface area contributed by atoms with E-state index in [1.165, 1.54) is 0 Å². The number of fused-ring (bicyclic) bond motifs is 1. The first-order chi connectivity index (χ1) is 10.6. The van der Waals surface area contributed by atoms with Crippen molar-refractivity contribution >= 4 is 22.5 Å². The van der Waals surface area contributed by atoms with Gasteiger partial charge in [-0.2, -0.15) is 0 Å². The number of nitrogens with zero attached hydrogens (tertiary/aromatic N) is 1. The molecule has 0 saturated carbocycles. The molecule has 3 rings (SSSR count). The fraction of sp³-hybridized carbons (Fsp3) is 0.222. The molecule has 22 heavy (non-hydrogen) atoms. The van der Waals surface area contributed by atoms with Crippen LogP contribution in [0, 0.1) is 0 Å². The number of para-hydroxylation sites is 1. The number of benzene rings is 2. The topological polar surface area (TPSA) is 34.4 Å². The van der Waals surface area contributed by atoms with Gasteiger partial charge in [-0.15, -0.1) is 0 Å². The molecule has 0 fully saturated rings. The molecular formula is C18H18ClNO2. The number of halogens is 1. The third kappa shape index (κ3) is 2.64. The van der Waals surface area contributed by atoms with Crippen molar-refractivity contribution < 1.29 is 9.84 Å². The number of hydrogen-bond acceptors (Lipinski definition) is 2. The number of hydrogen-bond donors (Lipinski definition) is 1. The Kier molecular flexibility index (Phi) is 3.99. The van der Waals surface area contributed by atoms with Gasteiger partial charge in [0.1, 0.15) is 18.1 Å². The first-order valence-corrected chi connectivity index (χ1v) is 7.64. The molecule has 1 heterocycles. The molecule has 0 amide bonds. The summed E-state index contributed by atoms with van der Waals surface area (Å²) in [6, 6.07) is 13.3. The Labute approximate surface area is 134 Å². The van der Waals surface area contributed by atoms with Crippen molar-refractivity contribution in [3.05, 3.63) is 59.2 Å². The molecule has 0 unspecified atom stereocenters. The van der Waals surface area contributed by atoms with Gasteiger partial charge in [-0.3, -0.25) is 0 Å². The van der Waals surface area contributed by atoms with Gasteiger partial charge in [0, 0.05) is 23.2 Å². The molecule has 0 radical (unpaired) electrons. The van der Waals surface area contributed by atoms with E-state index in [9.17, 15) is 5.11 Å². The maximum Gasteiger partial charge on any atom is 0.138 e. The van der Waals surface area contributed by atoms with Crippen molar-refractivity contribution in [1.29, 1.82) is 0 Å². The van der Waals surface area contributed by atoms with Crippen molar-refractivity contribution in [3.8, 4) is 11.5 Å². The average Bonchev–Trinajstić information content (AvgIpc) is 2.87. The van der Waals surface area contributed by atoms with Gasteiger partial charge in [-0.1, -0.05) is 29.8 Å². The summed E-state index contributed by atoms with van der Waals surface area (Å²) in [6.45, 7) is 4.59. The van der Waals surface area contributed by atoms with Crippen molar-refractivity contribution in [2.45, 2.75) is 26.5 Å². The molecule has 1 aromatic heterocycles. The van der Waals surface area contributed by atoms with Gasteiger partial charge in [0.25, 0.3) is 0 Å². The minimum absolute atomic E-state index is 0.273. The smallest absolute Gasteiger partial charge is 0.138 e. The minimum Gasteiger partial charge on any atom is -0.507 e. The van der Waals surface area contributed by atoms with Crippen LogP contribution in [0.25, 0.3) is 10.9 Å². The Morgan fingerprint density at radius 1 is 1.14 bits per heavy atom. The van der Waals surface area contributed by atoms with Gasteiger partial charge in [0.15, 0.2) is 0 Å². The quantitative estimate of drug-likeness (QED) is 0.721. The third-order valence-electron chi connectivity index (χ3n) is 3.69. The van der Waals surface area contributed by atoms with E-state index in [4.69, 9.17) is 16.3 Å². The molecule has 0 aliphatic carbocycles. The fourth-order valence-corrected chi connectivity index (χ4v) is 2.82. The Morgan fingerprint density at radius 2 is 1.91 bits per heavy atom. The highest BCUT2D eigenvalue weighted by molar-refractivity contribution is 6.32. The fourth-order valence-electron chi connectivity index (χ4n) is 2.63. The van der Waals surface area contributed by atoms with E-state index < -0.39 is 0 Å². The van der Waals surface area contributed by atoms with E-state index >= 15 is 0 Å². The summed E-state index contributed by atoms with van der Waals surface area (Å²) in [5.74, 6) is 0.916. The third-order valence-corrected chi connectivity index (χ3v) is 4.00. The van der Waals surface area contributed by atoms with Gasteiger partial charge in [0.2, 0.25) is 0 Å². The van der Waals surface area contributed by atoms with Crippen LogP contribution in [0.1, 0.15) is 25.5 Å². The number of phenols is 1. The van der Waals surface area contributed by atoms with Crippen LogP contribution in [0.15, 0.2) is 48.7 Å².